The quantitative estimate of drug-likeness (QED) is 0.769. The van der Waals surface area contributed by atoms with E-state index < -0.39 is 0 Å². The summed E-state index contributed by atoms with van der Waals surface area (Å²) in [6.45, 7) is 2.94. The average Bonchev–Trinajstić information content (AvgIpc) is 2.83. The second-order valence-electron chi connectivity index (χ2n) is 4.50. The van der Waals surface area contributed by atoms with Crippen LogP contribution in [0, 0.1) is 0 Å². The molecule has 0 unspecified atom stereocenters. The van der Waals surface area contributed by atoms with E-state index >= 15 is 0 Å². The molecule has 0 amide bonds. The first-order chi connectivity index (χ1) is 8.70. The number of rotatable bonds is 1. The lowest BCUT2D eigenvalue weighted by Crippen LogP contribution is -2.45. The van der Waals surface area contributed by atoms with E-state index in [1.54, 1.807) is 0 Å². The van der Waals surface area contributed by atoms with Crippen LogP contribution in [0.5, 0.6) is 0 Å². The van der Waals surface area contributed by atoms with Crippen LogP contribution in [-0.4, -0.2) is 42.1 Å². The highest BCUT2D eigenvalue weighted by Gasteiger charge is 2.40. The number of nitrogens with two attached hydrogens (primary N) is 1. The van der Waals surface area contributed by atoms with Crippen molar-refractivity contribution in [3.05, 3.63) is 11.5 Å². The molecule has 98 valence electrons. The van der Waals surface area contributed by atoms with Gasteiger partial charge in [-0.1, -0.05) is 11.6 Å². The van der Waals surface area contributed by atoms with Crippen molar-refractivity contribution >= 4 is 23.1 Å². The predicted octanol–water partition coefficient (Wildman–Crippen LogP) is 1.06. The molecule has 2 fully saturated rings. The zero-order valence-corrected chi connectivity index (χ0v) is 10.7. The molecule has 0 saturated carbocycles. The first kappa shape index (κ1) is 12.0. The summed E-state index contributed by atoms with van der Waals surface area (Å²) in [7, 11) is 0. The van der Waals surface area contributed by atoms with Crippen molar-refractivity contribution in [2.75, 3.05) is 36.9 Å². The van der Waals surface area contributed by atoms with Crippen molar-refractivity contribution in [2.24, 2.45) is 0 Å². The third kappa shape index (κ3) is 2.00. The molecule has 2 aliphatic rings. The van der Waals surface area contributed by atoms with Crippen molar-refractivity contribution in [2.45, 2.75) is 18.6 Å². The van der Waals surface area contributed by atoms with E-state index in [0.717, 1.165) is 25.9 Å². The van der Waals surface area contributed by atoms with Gasteiger partial charge in [-0.05, 0) is 0 Å². The summed E-state index contributed by atoms with van der Waals surface area (Å²) in [5.41, 5.74) is 6.33. The van der Waals surface area contributed by atoms with Crippen LogP contribution in [0.1, 0.15) is 12.8 Å². The highest BCUT2D eigenvalue weighted by molar-refractivity contribution is 6.32. The van der Waals surface area contributed by atoms with Crippen LogP contribution in [0.15, 0.2) is 6.33 Å². The molecule has 6 nitrogen and oxygen atoms in total. The first-order valence-electron chi connectivity index (χ1n) is 5.99. The van der Waals surface area contributed by atoms with Gasteiger partial charge >= 0.3 is 0 Å². The SMILES string of the molecule is Nc1c(Cl)ncnc1N1CCC2(CC1)OCCO2. The summed E-state index contributed by atoms with van der Waals surface area (Å²) in [4.78, 5) is 10.2. The van der Waals surface area contributed by atoms with E-state index in [0.29, 0.717) is 29.9 Å². The molecule has 0 aliphatic carbocycles. The molecular formula is C11H15ClN4O2. The highest BCUT2D eigenvalue weighted by Crippen LogP contribution is 2.34. The molecular weight excluding hydrogens is 256 g/mol. The third-order valence-corrected chi connectivity index (χ3v) is 3.75. The molecule has 0 atom stereocenters. The first-order valence-corrected chi connectivity index (χ1v) is 6.37. The standard InChI is InChI=1S/C11H15ClN4O2/c12-9-8(13)10(15-7-14-9)16-3-1-11(2-4-16)17-5-6-18-11/h7H,1-6,13H2. The van der Waals surface area contributed by atoms with Gasteiger partial charge in [0.2, 0.25) is 0 Å². The number of ether oxygens (including phenoxy) is 2. The van der Waals surface area contributed by atoms with Gasteiger partial charge in [0, 0.05) is 25.9 Å². The number of hydrogen-bond acceptors (Lipinski definition) is 6. The minimum Gasteiger partial charge on any atom is -0.393 e. The molecule has 1 aromatic heterocycles. The molecule has 2 aliphatic heterocycles. The second-order valence-corrected chi connectivity index (χ2v) is 4.85. The lowest BCUT2D eigenvalue weighted by Gasteiger charge is -2.38. The Hall–Kier alpha value is -1.11. The Morgan fingerprint density at radius 2 is 1.89 bits per heavy atom. The lowest BCUT2D eigenvalue weighted by atomic mass is 10.0. The molecule has 0 radical (unpaired) electrons. The Balaban J connectivity index is 1.74. The fraction of sp³-hybridized carbons (Fsp3) is 0.636. The molecule has 3 heterocycles. The van der Waals surface area contributed by atoms with Crippen molar-refractivity contribution in [1.82, 2.24) is 9.97 Å². The minimum atomic E-state index is -0.387. The maximum Gasteiger partial charge on any atom is 0.171 e. The fourth-order valence-electron chi connectivity index (χ4n) is 2.46. The van der Waals surface area contributed by atoms with Crippen LogP contribution in [0.4, 0.5) is 11.5 Å². The number of piperidine rings is 1. The number of hydrogen-bond donors (Lipinski definition) is 1. The molecule has 2 saturated heterocycles. The predicted molar refractivity (Wildman–Crippen MR) is 67.5 cm³/mol. The average molecular weight is 271 g/mol. The highest BCUT2D eigenvalue weighted by atomic mass is 35.5. The second kappa shape index (κ2) is 4.53. The van der Waals surface area contributed by atoms with Crippen LogP contribution in [-0.2, 0) is 9.47 Å². The Morgan fingerprint density at radius 1 is 1.22 bits per heavy atom. The van der Waals surface area contributed by atoms with Crippen LogP contribution in [0.25, 0.3) is 0 Å². The maximum absolute atomic E-state index is 5.90. The Bertz CT molecular complexity index is 441. The summed E-state index contributed by atoms with van der Waals surface area (Å²) >= 11 is 5.90. The smallest absolute Gasteiger partial charge is 0.171 e. The van der Waals surface area contributed by atoms with E-state index in [4.69, 9.17) is 26.8 Å². The molecule has 0 aromatic carbocycles. The van der Waals surface area contributed by atoms with Gasteiger partial charge in [0.15, 0.2) is 16.8 Å². The van der Waals surface area contributed by atoms with Gasteiger partial charge in [0.25, 0.3) is 0 Å². The maximum atomic E-state index is 5.90. The van der Waals surface area contributed by atoms with E-state index in [1.165, 1.54) is 6.33 Å². The molecule has 1 spiro atoms. The van der Waals surface area contributed by atoms with Gasteiger partial charge in [-0.2, -0.15) is 0 Å². The third-order valence-electron chi connectivity index (χ3n) is 3.45. The Kier molecular flexibility index (Phi) is 3.01. The summed E-state index contributed by atoms with van der Waals surface area (Å²) in [6.07, 6.45) is 3.06. The van der Waals surface area contributed by atoms with E-state index in [1.807, 2.05) is 0 Å². The van der Waals surface area contributed by atoms with Gasteiger partial charge in [0.1, 0.15) is 12.0 Å². The molecule has 3 rings (SSSR count). The zero-order chi connectivity index (χ0) is 12.6. The summed E-state index contributed by atoms with van der Waals surface area (Å²) < 4.78 is 11.4. The number of nitrogen functional groups attached to an aromatic ring is 1. The molecule has 7 heteroatoms. The summed E-state index contributed by atoms with van der Waals surface area (Å²) in [5, 5.41) is 0.300. The van der Waals surface area contributed by atoms with Crippen LogP contribution >= 0.6 is 11.6 Å². The van der Waals surface area contributed by atoms with Gasteiger partial charge < -0.3 is 20.1 Å². The molecule has 0 bridgehead atoms. The monoisotopic (exact) mass is 270 g/mol. The van der Waals surface area contributed by atoms with Crippen LogP contribution in [0.2, 0.25) is 5.15 Å². The normalized spacial score (nSPS) is 22.6. The number of aromatic nitrogens is 2. The van der Waals surface area contributed by atoms with Gasteiger partial charge in [0.05, 0.1) is 13.2 Å². The van der Waals surface area contributed by atoms with Crippen molar-refractivity contribution in [3.63, 3.8) is 0 Å². The van der Waals surface area contributed by atoms with Crippen LogP contribution in [0.3, 0.4) is 0 Å². The van der Waals surface area contributed by atoms with Crippen LogP contribution < -0.4 is 10.6 Å². The number of nitrogens with zero attached hydrogens (tertiary/aromatic N) is 3. The van der Waals surface area contributed by atoms with Crippen molar-refractivity contribution < 1.29 is 9.47 Å². The van der Waals surface area contributed by atoms with E-state index in [-0.39, 0.29) is 5.79 Å². The van der Waals surface area contributed by atoms with Crippen molar-refractivity contribution in [3.8, 4) is 0 Å². The molecule has 2 N–H and O–H groups in total. The lowest BCUT2D eigenvalue weighted by molar-refractivity contribution is -0.169. The fourth-order valence-corrected chi connectivity index (χ4v) is 2.59. The Morgan fingerprint density at radius 3 is 2.56 bits per heavy atom. The van der Waals surface area contributed by atoms with E-state index in [2.05, 4.69) is 14.9 Å². The zero-order valence-electron chi connectivity index (χ0n) is 9.93. The Labute approximate surface area is 110 Å². The van der Waals surface area contributed by atoms with Gasteiger partial charge in [-0.25, -0.2) is 9.97 Å². The van der Waals surface area contributed by atoms with Gasteiger partial charge in [-0.3, -0.25) is 0 Å². The number of halogens is 1. The number of anilines is 2. The molecule has 1 aromatic rings. The minimum absolute atomic E-state index is 0.300. The summed E-state index contributed by atoms with van der Waals surface area (Å²) in [6, 6.07) is 0. The molecule has 18 heavy (non-hydrogen) atoms. The van der Waals surface area contributed by atoms with Crippen molar-refractivity contribution in [1.29, 1.82) is 0 Å². The van der Waals surface area contributed by atoms with Gasteiger partial charge in [-0.15, -0.1) is 0 Å². The largest absolute Gasteiger partial charge is 0.393 e. The topological polar surface area (TPSA) is 73.5 Å². The summed E-state index contributed by atoms with van der Waals surface area (Å²) in [5.74, 6) is 0.310. The van der Waals surface area contributed by atoms with E-state index in [9.17, 15) is 0 Å².